The monoisotopic (exact) mass is 260 g/mol. The molecule has 0 fully saturated rings. The number of rotatable bonds is 6. The van der Waals surface area contributed by atoms with Crippen LogP contribution in [0.1, 0.15) is 57.4 Å². The van der Waals surface area contributed by atoms with E-state index in [1.165, 1.54) is 29.7 Å². The largest absolute Gasteiger partial charge is 0.351 e. The van der Waals surface area contributed by atoms with E-state index < -0.39 is 0 Å². The van der Waals surface area contributed by atoms with Crippen LogP contribution in [0.5, 0.6) is 0 Å². The van der Waals surface area contributed by atoms with Gasteiger partial charge in [0.25, 0.3) is 0 Å². The van der Waals surface area contributed by atoms with E-state index in [9.17, 15) is 0 Å². The van der Waals surface area contributed by atoms with Gasteiger partial charge in [0.1, 0.15) is 0 Å². The van der Waals surface area contributed by atoms with E-state index in [1.807, 2.05) is 6.92 Å². The molecule has 0 amide bonds. The number of aryl methyl sites for hydroxylation is 2. The van der Waals surface area contributed by atoms with Gasteiger partial charge < -0.3 is 4.57 Å². The fraction of sp³-hybridized carbons (Fsp3) is 0.588. The highest BCUT2D eigenvalue weighted by molar-refractivity contribution is 6.01. The van der Waals surface area contributed by atoms with Crippen molar-refractivity contribution in [3.8, 4) is 0 Å². The van der Waals surface area contributed by atoms with Crippen LogP contribution in [-0.4, -0.2) is 10.3 Å². The Morgan fingerprint density at radius 3 is 2.53 bits per heavy atom. The molecule has 19 heavy (non-hydrogen) atoms. The number of allylic oxidation sites excluding steroid dienone is 1. The maximum atomic E-state index is 4.50. The maximum Gasteiger partial charge on any atom is 0.0468 e. The quantitative estimate of drug-likeness (QED) is 0.648. The van der Waals surface area contributed by atoms with Crippen LogP contribution < -0.4 is 0 Å². The molecule has 0 aliphatic carbocycles. The van der Waals surface area contributed by atoms with Crippen molar-refractivity contribution in [3.05, 3.63) is 35.3 Å². The van der Waals surface area contributed by atoms with Gasteiger partial charge in [0, 0.05) is 35.4 Å². The number of hydrogen-bond donors (Lipinski definition) is 0. The van der Waals surface area contributed by atoms with E-state index in [1.54, 1.807) is 0 Å². The molecule has 1 aromatic heterocycles. The molecule has 1 atom stereocenters. The van der Waals surface area contributed by atoms with E-state index in [0.717, 1.165) is 23.9 Å². The van der Waals surface area contributed by atoms with Gasteiger partial charge in [-0.2, -0.15) is 0 Å². The zero-order chi connectivity index (χ0) is 14.6. The number of aromatic nitrogens is 1. The molecule has 1 heterocycles. The molecule has 106 valence electrons. The standard InChI is InChI=1S/C17H28N2/c1-8-13(4)9-10-19-11-14(5)17(16(19)7)15(6)18-12(2)3/h11,13H,2,8-10H2,1,3-7H3/b18-15-. The second-order valence-electron chi connectivity index (χ2n) is 5.70. The molecule has 0 bridgehead atoms. The van der Waals surface area contributed by atoms with Gasteiger partial charge in [0.2, 0.25) is 0 Å². The Morgan fingerprint density at radius 1 is 1.37 bits per heavy atom. The minimum atomic E-state index is 0.788. The Kier molecular flexibility index (Phi) is 5.59. The van der Waals surface area contributed by atoms with Gasteiger partial charge in [-0.25, -0.2) is 0 Å². The van der Waals surface area contributed by atoms with E-state index >= 15 is 0 Å². The van der Waals surface area contributed by atoms with Gasteiger partial charge in [-0.15, -0.1) is 0 Å². The molecule has 0 N–H and O–H groups in total. The van der Waals surface area contributed by atoms with Gasteiger partial charge in [-0.05, 0) is 45.6 Å². The van der Waals surface area contributed by atoms with Gasteiger partial charge in [0.15, 0.2) is 0 Å². The smallest absolute Gasteiger partial charge is 0.0468 e. The Hall–Kier alpha value is -1.31. The second kappa shape index (κ2) is 6.74. The van der Waals surface area contributed by atoms with Crippen LogP contribution >= 0.6 is 0 Å². The lowest BCUT2D eigenvalue weighted by Gasteiger charge is -2.11. The van der Waals surface area contributed by atoms with Crippen molar-refractivity contribution in [1.29, 1.82) is 0 Å². The summed E-state index contributed by atoms with van der Waals surface area (Å²) >= 11 is 0. The minimum absolute atomic E-state index is 0.788. The van der Waals surface area contributed by atoms with E-state index in [2.05, 4.69) is 57.0 Å². The first kappa shape index (κ1) is 15.7. The van der Waals surface area contributed by atoms with E-state index in [-0.39, 0.29) is 0 Å². The van der Waals surface area contributed by atoms with Crippen molar-refractivity contribution in [2.24, 2.45) is 10.9 Å². The van der Waals surface area contributed by atoms with Gasteiger partial charge >= 0.3 is 0 Å². The molecule has 0 aliphatic heterocycles. The van der Waals surface area contributed by atoms with Gasteiger partial charge in [-0.3, -0.25) is 4.99 Å². The van der Waals surface area contributed by atoms with Crippen molar-refractivity contribution < 1.29 is 0 Å². The summed E-state index contributed by atoms with van der Waals surface area (Å²) in [5, 5.41) is 0. The molecule has 0 saturated heterocycles. The lowest BCUT2D eigenvalue weighted by Crippen LogP contribution is -2.05. The number of nitrogens with zero attached hydrogens (tertiary/aromatic N) is 2. The molecule has 1 aromatic rings. The summed E-state index contributed by atoms with van der Waals surface area (Å²) in [4.78, 5) is 4.50. The number of aliphatic imine (C=N–C) groups is 1. The van der Waals surface area contributed by atoms with Crippen LogP contribution in [0.15, 0.2) is 23.5 Å². The highest BCUT2D eigenvalue weighted by Gasteiger charge is 2.12. The van der Waals surface area contributed by atoms with E-state index in [0.29, 0.717) is 0 Å². The van der Waals surface area contributed by atoms with Gasteiger partial charge in [0.05, 0.1) is 0 Å². The fourth-order valence-corrected chi connectivity index (χ4v) is 2.51. The zero-order valence-corrected chi connectivity index (χ0v) is 13.4. The molecule has 0 radical (unpaired) electrons. The van der Waals surface area contributed by atoms with Crippen molar-refractivity contribution in [1.82, 2.24) is 4.57 Å². The Balaban J connectivity index is 2.97. The summed E-state index contributed by atoms with van der Waals surface area (Å²) in [5.41, 5.74) is 5.85. The van der Waals surface area contributed by atoms with Crippen LogP contribution in [-0.2, 0) is 6.54 Å². The topological polar surface area (TPSA) is 17.3 Å². The normalized spacial score (nSPS) is 13.7. The molecular weight excluding hydrogens is 232 g/mol. The van der Waals surface area contributed by atoms with Crippen molar-refractivity contribution in [2.75, 3.05) is 0 Å². The second-order valence-corrected chi connectivity index (χ2v) is 5.70. The molecule has 1 rings (SSSR count). The van der Waals surface area contributed by atoms with Crippen LogP contribution in [0.3, 0.4) is 0 Å². The molecule has 1 unspecified atom stereocenters. The lowest BCUT2D eigenvalue weighted by atomic mass is 10.1. The first-order chi connectivity index (χ1) is 8.86. The molecular formula is C17H28N2. The highest BCUT2D eigenvalue weighted by Crippen LogP contribution is 2.20. The predicted molar refractivity (Wildman–Crippen MR) is 85.0 cm³/mol. The third-order valence-electron chi connectivity index (χ3n) is 3.82. The molecule has 2 heteroatoms. The molecule has 2 nitrogen and oxygen atoms in total. The minimum Gasteiger partial charge on any atom is -0.351 e. The average Bonchev–Trinajstić information content (AvgIpc) is 2.60. The Labute approximate surface area is 118 Å². The van der Waals surface area contributed by atoms with Crippen molar-refractivity contribution in [3.63, 3.8) is 0 Å². The third-order valence-corrected chi connectivity index (χ3v) is 3.82. The van der Waals surface area contributed by atoms with Crippen LogP contribution in [0.4, 0.5) is 0 Å². The Morgan fingerprint density at radius 2 is 2.00 bits per heavy atom. The molecule has 0 aromatic carbocycles. The summed E-state index contributed by atoms with van der Waals surface area (Å²) in [5.74, 6) is 0.788. The van der Waals surface area contributed by atoms with E-state index in [4.69, 9.17) is 0 Å². The predicted octanol–water partition coefficient (Wildman–Crippen LogP) is 4.88. The van der Waals surface area contributed by atoms with Crippen molar-refractivity contribution in [2.45, 2.75) is 60.9 Å². The molecule has 0 aliphatic rings. The molecule has 0 saturated carbocycles. The SMILES string of the molecule is C=C(C)/N=C(/C)c1c(C)cn(CCC(C)CC)c1C. The number of hydrogen-bond acceptors (Lipinski definition) is 1. The summed E-state index contributed by atoms with van der Waals surface area (Å²) in [7, 11) is 0. The summed E-state index contributed by atoms with van der Waals surface area (Å²) < 4.78 is 2.37. The lowest BCUT2D eigenvalue weighted by molar-refractivity contribution is 0.465. The first-order valence-electron chi connectivity index (χ1n) is 7.24. The fourth-order valence-electron chi connectivity index (χ4n) is 2.51. The average molecular weight is 260 g/mol. The summed E-state index contributed by atoms with van der Waals surface area (Å²) in [6, 6.07) is 0. The van der Waals surface area contributed by atoms with Gasteiger partial charge in [-0.1, -0.05) is 26.8 Å². The summed E-state index contributed by atoms with van der Waals surface area (Å²) in [6.07, 6.45) is 4.74. The first-order valence-corrected chi connectivity index (χ1v) is 7.24. The van der Waals surface area contributed by atoms with Crippen LogP contribution in [0.25, 0.3) is 0 Å². The van der Waals surface area contributed by atoms with Crippen LogP contribution in [0, 0.1) is 19.8 Å². The van der Waals surface area contributed by atoms with Crippen LogP contribution in [0.2, 0.25) is 0 Å². The zero-order valence-electron chi connectivity index (χ0n) is 13.4. The summed E-state index contributed by atoms with van der Waals surface area (Å²) in [6.45, 7) is 17.9. The third kappa shape index (κ3) is 4.09. The Bertz CT molecular complexity index is 478. The molecule has 0 spiro atoms. The highest BCUT2D eigenvalue weighted by atomic mass is 15.0. The maximum absolute atomic E-state index is 4.50. The van der Waals surface area contributed by atoms with Crippen molar-refractivity contribution >= 4 is 5.71 Å².